The topological polar surface area (TPSA) is 108 Å². The van der Waals surface area contributed by atoms with Crippen molar-refractivity contribution in [3.05, 3.63) is 150 Å². The maximum atomic E-state index is 13.5. The Bertz CT molecular complexity index is 1790. The molecule has 5 aromatic rings. The minimum absolute atomic E-state index is 0.000761. The minimum Gasteiger partial charge on any atom is -0.508 e. The van der Waals surface area contributed by atoms with E-state index in [2.05, 4.69) is 10.6 Å². The molecule has 9 heteroatoms. The second-order valence-corrected chi connectivity index (χ2v) is 11.0. The van der Waals surface area contributed by atoms with E-state index in [0.717, 1.165) is 16.3 Å². The number of thioether (sulfide) groups is 1. The van der Waals surface area contributed by atoms with Crippen LogP contribution in [0.4, 0.5) is 17.1 Å². The summed E-state index contributed by atoms with van der Waals surface area (Å²) in [6.45, 7) is 0. The number of para-hydroxylation sites is 2. The van der Waals surface area contributed by atoms with Gasteiger partial charge in [-0.1, -0.05) is 54.6 Å². The standard InChI is InChI=1S/C37H31N3O5S/c1-45-34-24-31(41)20-17-27(34)23-33(39-36(43)26-11-5-2-6-12-26)37(44)38-28-18-21-32(22-19-28)46-25-35(42)40(29-13-7-3-8-14-29)30-15-9-4-10-16-30/h2-24,41H,25H2,1H3,(H,38,44)(H,39,43)/b33-23-. The number of methoxy groups -OCH3 is 1. The summed E-state index contributed by atoms with van der Waals surface area (Å²) in [5, 5.41) is 15.4. The Hall–Kier alpha value is -5.80. The highest BCUT2D eigenvalue weighted by Gasteiger charge is 2.19. The Labute approximate surface area is 271 Å². The first-order valence-electron chi connectivity index (χ1n) is 14.3. The van der Waals surface area contributed by atoms with Gasteiger partial charge in [-0.2, -0.15) is 0 Å². The molecule has 5 rings (SSSR count). The predicted octanol–water partition coefficient (Wildman–Crippen LogP) is 7.27. The third-order valence-electron chi connectivity index (χ3n) is 6.80. The fourth-order valence-corrected chi connectivity index (χ4v) is 5.30. The second-order valence-electron chi connectivity index (χ2n) is 9.97. The van der Waals surface area contributed by atoms with Gasteiger partial charge < -0.3 is 20.5 Å². The predicted molar refractivity (Wildman–Crippen MR) is 182 cm³/mol. The number of amides is 3. The Morgan fingerprint density at radius 3 is 1.96 bits per heavy atom. The number of nitrogens with zero attached hydrogens (tertiary/aromatic N) is 1. The van der Waals surface area contributed by atoms with Crippen LogP contribution in [0.5, 0.6) is 11.5 Å². The van der Waals surface area contributed by atoms with Crippen LogP contribution in [0.3, 0.4) is 0 Å². The first-order valence-corrected chi connectivity index (χ1v) is 15.3. The zero-order chi connectivity index (χ0) is 32.3. The summed E-state index contributed by atoms with van der Waals surface area (Å²) in [4.78, 5) is 42.4. The smallest absolute Gasteiger partial charge is 0.272 e. The van der Waals surface area contributed by atoms with Crippen LogP contribution >= 0.6 is 11.8 Å². The molecule has 0 spiro atoms. The highest BCUT2D eigenvalue weighted by Crippen LogP contribution is 2.29. The third-order valence-corrected chi connectivity index (χ3v) is 7.80. The van der Waals surface area contributed by atoms with Crippen molar-refractivity contribution in [2.45, 2.75) is 4.90 Å². The highest BCUT2D eigenvalue weighted by atomic mass is 32.2. The molecule has 3 amide bonds. The lowest BCUT2D eigenvalue weighted by atomic mass is 10.1. The Morgan fingerprint density at radius 1 is 0.783 bits per heavy atom. The number of anilines is 3. The monoisotopic (exact) mass is 629 g/mol. The largest absolute Gasteiger partial charge is 0.508 e. The van der Waals surface area contributed by atoms with Crippen LogP contribution in [-0.2, 0) is 9.59 Å². The minimum atomic E-state index is -0.559. The molecule has 46 heavy (non-hydrogen) atoms. The number of carbonyl (C=O) groups is 3. The van der Waals surface area contributed by atoms with E-state index in [1.54, 1.807) is 53.4 Å². The van der Waals surface area contributed by atoms with Crippen molar-refractivity contribution in [3.8, 4) is 11.5 Å². The number of nitrogens with one attached hydrogen (secondary N) is 2. The molecular weight excluding hydrogens is 598 g/mol. The van der Waals surface area contributed by atoms with Crippen molar-refractivity contribution in [3.63, 3.8) is 0 Å². The van der Waals surface area contributed by atoms with Crippen molar-refractivity contribution in [1.82, 2.24) is 5.32 Å². The number of aromatic hydroxyl groups is 1. The van der Waals surface area contributed by atoms with Gasteiger partial charge in [0.2, 0.25) is 5.91 Å². The second kappa shape index (κ2) is 15.3. The van der Waals surface area contributed by atoms with Gasteiger partial charge in [0.15, 0.2) is 0 Å². The Kier molecular flexibility index (Phi) is 10.5. The van der Waals surface area contributed by atoms with Gasteiger partial charge in [0.05, 0.1) is 12.9 Å². The lowest BCUT2D eigenvalue weighted by molar-refractivity contribution is -0.115. The summed E-state index contributed by atoms with van der Waals surface area (Å²) in [7, 11) is 1.45. The summed E-state index contributed by atoms with van der Waals surface area (Å²) in [5.74, 6) is -0.572. The SMILES string of the molecule is COc1cc(O)ccc1/C=C(\NC(=O)c1ccccc1)C(=O)Nc1ccc(SCC(=O)N(c2ccccc2)c2ccccc2)cc1. The van der Waals surface area contributed by atoms with Crippen LogP contribution in [0.1, 0.15) is 15.9 Å². The Balaban J connectivity index is 1.29. The van der Waals surface area contributed by atoms with Crippen LogP contribution in [0, 0.1) is 0 Å². The summed E-state index contributed by atoms with van der Waals surface area (Å²) >= 11 is 1.39. The van der Waals surface area contributed by atoms with Gasteiger partial charge in [0.25, 0.3) is 11.8 Å². The zero-order valence-corrected chi connectivity index (χ0v) is 25.7. The summed E-state index contributed by atoms with van der Waals surface area (Å²) in [5.41, 5.74) is 2.90. The fourth-order valence-electron chi connectivity index (χ4n) is 4.55. The molecule has 0 radical (unpaired) electrons. The molecule has 0 aliphatic carbocycles. The van der Waals surface area contributed by atoms with Gasteiger partial charge in [-0.3, -0.25) is 19.3 Å². The van der Waals surface area contributed by atoms with E-state index in [9.17, 15) is 19.5 Å². The third kappa shape index (κ3) is 8.22. The van der Waals surface area contributed by atoms with Gasteiger partial charge in [-0.05, 0) is 78.9 Å². The number of phenolic OH excluding ortho intramolecular Hbond substituents is 1. The van der Waals surface area contributed by atoms with Crippen LogP contribution < -0.4 is 20.3 Å². The molecule has 0 aliphatic rings. The van der Waals surface area contributed by atoms with Crippen LogP contribution in [0.25, 0.3) is 6.08 Å². The molecule has 8 nitrogen and oxygen atoms in total. The van der Waals surface area contributed by atoms with Gasteiger partial charge in [-0.25, -0.2) is 0 Å². The molecule has 0 aromatic heterocycles. The van der Waals surface area contributed by atoms with Gasteiger partial charge in [-0.15, -0.1) is 11.8 Å². The van der Waals surface area contributed by atoms with Crippen molar-refractivity contribution >= 4 is 52.6 Å². The average Bonchev–Trinajstić information content (AvgIpc) is 3.09. The lowest BCUT2D eigenvalue weighted by Gasteiger charge is -2.23. The number of ether oxygens (including phenoxy) is 1. The van der Waals surface area contributed by atoms with Gasteiger partial charge in [0, 0.05) is 39.2 Å². The van der Waals surface area contributed by atoms with E-state index in [1.165, 1.54) is 37.1 Å². The highest BCUT2D eigenvalue weighted by molar-refractivity contribution is 8.00. The van der Waals surface area contributed by atoms with Crippen molar-refractivity contribution in [1.29, 1.82) is 0 Å². The van der Waals surface area contributed by atoms with E-state index in [-0.39, 0.29) is 23.1 Å². The van der Waals surface area contributed by atoms with Crippen molar-refractivity contribution in [2.24, 2.45) is 0 Å². The zero-order valence-electron chi connectivity index (χ0n) is 24.9. The Morgan fingerprint density at radius 2 is 1.37 bits per heavy atom. The molecule has 0 saturated carbocycles. The van der Waals surface area contributed by atoms with Crippen molar-refractivity contribution < 1.29 is 24.2 Å². The molecule has 0 fully saturated rings. The quantitative estimate of drug-likeness (QED) is 0.105. The van der Waals surface area contributed by atoms with E-state index in [1.807, 2.05) is 72.8 Å². The summed E-state index contributed by atoms with van der Waals surface area (Å²) < 4.78 is 5.35. The van der Waals surface area contributed by atoms with E-state index >= 15 is 0 Å². The maximum Gasteiger partial charge on any atom is 0.272 e. The first kappa shape index (κ1) is 31.6. The number of hydrogen-bond donors (Lipinski definition) is 3. The molecule has 0 bridgehead atoms. The fraction of sp³-hybridized carbons (Fsp3) is 0.0541. The molecule has 0 heterocycles. The maximum absolute atomic E-state index is 13.5. The first-order chi connectivity index (χ1) is 22.4. The lowest BCUT2D eigenvalue weighted by Crippen LogP contribution is -2.30. The molecule has 5 aromatic carbocycles. The van der Waals surface area contributed by atoms with Crippen LogP contribution in [-0.4, -0.2) is 35.7 Å². The van der Waals surface area contributed by atoms with Gasteiger partial charge >= 0.3 is 0 Å². The molecule has 230 valence electrons. The average molecular weight is 630 g/mol. The van der Waals surface area contributed by atoms with Crippen LogP contribution in [0.15, 0.2) is 144 Å². The number of rotatable bonds is 11. The van der Waals surface area contributed by atoms with E-state index in [4.69, 9.17) is 4.74 Å². The number of phenols is 1. The molecular formula is C37H31N3O5S. The molecule has 0 unspecified atom stereocenters. The molecule has 0 atom stereocenters. The summed E-state index contributed by atoms with van der Waals surface area (Å²) in [6, 6.07) is 39.1. The van der Waals surface area contributed by atoms with Gasteiger partial charge in [0.1, 0.15) is 17.2 Å². The number of carbonyl (C=O) groups excluding carboxylic acids is 3. The van der Waals surface area contributed by atoms with E-state index in [0.29, 0.717) is 22.6 Å². The van der Waals surface area contributed by atoms with E-state index < -0.39 is 11.8 Å². The number of hydrogen-bond acceptors (Lipinski definition) is 6. The normalized spacial score (nSPS) is 10.9. The summed E-state index contributed by atoms with van der Waals surface area (Å²) in [6.07, 6.45) is 1.48. The molecule has 3 N–H and O–H groups in total. The molecule has 0 saturated heterocycles. The van der Waals surface area contributed by atoms with Crippen LogP contribution in [0.2, 0.25) is 0 Å². The van der Waals surface area contributed by atoms with Crippen molar-refractivity contribution in [2.75, 3.05) is 23.1 Å². The molecule has 0 aliphatic heterocycles. The number of benzene rings is 5.